The highest BCUT2D eigenvalue weighted by Gasteiger charge is 2.16. The Kier molecular flexibility index (Phi) is 3.76. The van der Waals surface area contributed by atoms with Crippen LogP contribution in [0.4, 0.5) is 11.5 Å². The fourth-order valence-electron chi connectivity index (χ4n) is 2.99. The molecule has 2 heterocycles. The van der Waals surface area contributed by atoms with Crippen LogP contribution in [0.25, 0.3) is 10.9 Å². The minimum atomic E-state index is 0.676. The molecule has 1 aliphatic heterocycles. The number of azo groups is 1. The van der Waals surface area contributed by atoms with E-state index in [2.05, 4.69) is 27.4 Å². The number of rotatable bonds is 3. The number of piperidine rings is 1. The molecule has 3 aromatic rings. The van der Waals surface area contributed by atoms with Gasteiger partial charge < -0.3 is 0 Å². The Morgan fingerprint density at radius 1 is 0.783 bits per heavy atom. The van der Waals surface area contributed by atoms with Crippen molar-refractivity contribution in [3.63, 3.8) is 0 Å². The third-order valence-corrected chi connectivity index (χ3v) is 4.17. The summed E-state index contributed by atoms with van der Waals surface area (Å²) in [5.74, 6) is 0.676. The lowest BCUT2D eigenvalue weighted by Crippen LogP contribution is -2.39. The lowest BCUT2D eigenvalue weighted by Gasteiger charge is -2.28. The van der Waals surface area contributed by atoms with Crippen LogP contribution in [0.3, 0.4) is 0 Å². The van der Waals surface area contributed by atoms with Gasteiger partial charge >= 0.3 is 0 Å². The van der Waals surface area contributed by atoms with Crippen LogP contribution in [0.15, 0.2) is 64.8 Å². The van der Waals surface area contributed by atoms with E-state index in [1.54, 1.807) is 0 Å². The van der Waals surface area contributed by atoms with Gasteiger partial charge in [0.05, 0.1) is 16.6 Å². The number of fused-ring (bicyclic) bond motifs is 1. The average molecular weight is 305 g/mol. The molecule has 23 heavy (non-hydrogen) atoms. The number of para-hydroxylation sites is 1. The summed E-state index contributed by atoms with van der Waals surface area (Å²) in [5, 5.41) is 16.8. The number of aromatic nitrogens is 2. The molecule has 1 aliphatic rings. The second-order valence-corrected chi connectivity index (χ2v) is 5.78. The van der Waals surface area contributed by atoms with Crippen molar-refractivity contribution < 1.29 is 0 Å². The van der Waals surface area contributed by atoms with Crippen molar-refractivity contribution in [1.82, 2.24) is 9.89 Å². The van der Waals surface area contributed by atoms with Crippen molar-refractivity contribution in [3.05, 3.63) is 54.6 Å². The molecule has 0 radical (unpaired) electrons. The van der Waals surface area contributed by atoms with Crippen molar-refractivity contribution in [3.8, 4) is 0 Å². The van der Waals surface area contributed by atoms with Crippen LogP contribution in [-0.4, -0.2) is 23.0 Å². The van der Waals surface area contributed by atoms with Crippen LogP contribution in [0.2, 0.25) is 0 Å². The third-order valence-electron chi connectivity index (χ3n) is 4.17. The molecule has 5 heteroatoms. The second-order valence-electron chi connectivity index (χ2n) is 5.78. The molecule has 0 saturated carbocycles. The zero-order chi connectivity index (χ0) is 15.5. The summed E-state index contributed by atoms with van der Waals surface area (Å²) in [5.41, 5.74) is 1.93. The molecule has 5 nitrogen and oxygen atoms in total. The van der Waals surface area contributed by atoms with E-state index in [0.717, 1.165) is 29.7 Å². The number of nitrogens with zero attached hydrogens (tertiary/aromatic N) is 5. The molecule has 1 saturated heterocycles. The lowest BCUT2D eigenvalue weighted by atomic mass is 10.2. The maximum Gasteiger partial charge on any atom is 0.205 e. The topological polar surface area (TPSA) is 45.8 Å². The highest BCUT2D eigenvalue weighted by molar-refractivity contribution is 5.88. The monoisotopic (exact) mass is 305 g/mol. The second kappa shape index (κ2) is 6.20. The Morgan fingerprint density at radius 3 is 2.35 bits per heavy atom. The molecular weight excluding hydrogens is 286 g/mol. The maximum atomic E-state index is 4.71. The minimum absolute atomic E-state index is 0.676. The normalized spacial score (nSPS) is 15.6. The Morgan fingerprint density at radius 2 is 1.52 bits per heavy atom. The largest absolute Gasteiger partial charge is 0.296 e. The van der Waals surface area contributed by atoms with Crippen LogP contribution in [-0.2, 0) is 0 Å². The van der Waals surface area contributed by atoms with Crippen LogP contribution >= 0.6 is 0 Å². The first-order chi connectivity index (χ1) is 11.4. The number of hydrogen-bond donors (Lipinski definition) is 0. The first-order valence-electron chi connectivity index (χ1n) is 8.11. The summed E-state index contributed by atoms with van der Waals surface area (Å²) in [6, 6.07) is 18.0. The van der Waals surface area contributed by atoms with Gasteiger partial charge in [0.1, 0.15) is 0 Å². The van der Waals surface area contributed by atoms with E-state index in [0.29, 0.717) is 5.82 Å². The van der Waals surface area contributed by atoms with Crippen molar-refractivity contribution in [2.75, 3.05) is 18.1 Å². The summed E-state index contributed by atoms with van der Waals surface area (Å²) in [6.45, 7) is 2.09. The lowest BCUT2D eigenvalue weighted by molar-refractivity contribution is 0.458. The van der Waals surface area contributed by atoms with Crippen LogP contribution in [0.5, 0.6) is 0 Å². The average Bonchev–Trinajstić information content (AvgIpc) is 3.01. The van der Waals surface area contributed by atoms with Crippen LogP contribution < -0.4 is 5.01 Å². The first-order valence-corrected chi connectivity index (χ1v) is 8.11. The molecule has 2 aromatic carbocycles. The van der Waals surface area contributed by atoms with Crippen molar-refractivity contribution >= 4 is 22.4 Å². The predicted molar refractivity (Wildman–Crippen MR) is 92.2 cm³/mol. The van der Waals surface area contributed by atoms with Crippen LogP contribution in [0, 0.1) is 0 Å². The molecule has 1 fully saturated rings. The van der Waals surface area contributed by atoms with E-state index in [4.69, 9.17) is 5.10 Å². The standard InChI is InChI=1S/C18H19N5/c1-3-9-15(10-4-1)19-20-18-16-11-5-6-12-17(16)23(21-18)22-13-7-2-8-14-22/h1,3-6,9-12H,2,7-8,13-14H2/b20-19+. The molecule has 1 aromatic heterocycles. The fourth-order valence-corrected chi connectivity index (χ4v) is 2.99. The van der Waals surface area contributed by atoms with Crippen molar-refractivity contribution in [1.29, 1.82) is 0 Å². The van der Waals surface area contributed by atoms with E-state index < -0.39 is 0 Å². The van der Waals surface area contributed by atoms with Gasteiger partial charge in [-0.15, -0.1) is 15.3 Å². The Hall–Kier alpha value is -2.69. The highest BCUT2D eigenvalue weighted by atomic mass is 15.7. The van der Waals surface area contributed by atoms with E-state index in [9.17, 15) is 0 Å². The quantitative estimate of drug-likeness (QED) is 0.665. The van der Waals surface area contributed by atoms with Gasteiger partial charge in [0.15, 0.2) is 0 Å². The summed E-state index contributed by atoms with van der Waals surface area (Å²) < 4.78 is 0. The zero-order valence-corrected chi connectivity index (χ0v) is 13.0. The number of benzene rings is 2. The highest BCUT2D eigenvalue weighted by Crippen LogP contribution is 2.27. The molecule has 0 N–H and O–H groups in total. The van der Waals surface area contributed by atoms with E-state index >= 15 is 0 Å². The smallest absolute Gasteiger partial charge is 0.205 e. The van der Waals surface area contributed by atoms with Gasteiger partial charge in [-0.3, -0.25) is 5.01 Å². The summed E-state index contributed by atoms with van der Waals surface area (Å²) in [7, 11) is 0. The Labute approximate surface area is 135 Å². The Bertz CT molecular complexity index is 816. The molecule has 0 unspecified atom stereocenters. The van der Waals surface area contributed by atoms with Crippen LogP contribution in [0.1, 0.15) is 19.3 Å². The molecule has 4 rings (SSSR count). The molecule has 116 valence electrons. The van der Waals surface area contributed by atoms with Gasteiger partial charge in [-0.1, -0.05) is 30.3 Å². The fraction of sp³-hybridized carbons (Fsp3) is 0.278. The van der Waals surface area contributed by atoms with E-state index in [1.165, 1.54) is 19.3 Å². The van der Waals surface area contributed by atoms with Crippen molar-refractivity contribution in [2.45, 2.75) is 19.3 Å². The molecule has 0 atom stereocenters. The van der Waals surface area contributed by atoms with Gasteiger partial charge in [-0.25, -0.2) is 0 Å². The molecular formula is C18H19N5. The van der Waals surface area contributed by atoms with Gasteiger partial charge in [0.2, 0.25) is 5.82 Å². The predicted octanol–water partition coefficient (Wildman–Crippen LogP) is 4.57. The third kappa shape index (κ3) is 2.82. The van der Waals surface area contributed by atoms with Crippen molar-refractivity contribution in [2.24, 2.45) is 10.2 Å². The van der Waals surface area contributed by atoms with Gasteiger partial charge in [-0.05, 0) is 43.5 Å². The molecule has 0 amide bonds. The van der Waals surface area contributed by atoms with Gasteiger partial charge in [-0.2, -0.15) is 4.79 Å². The zero-order valence-electron chi connectivity index (χ0n) is 13.0. The Balaban J connectivity index is 1.73. The molecule has 0 spiro atoms. The summed E-state index contributed by atoms with van der Waals surface area (Å²) in [4.78, 5) is 2.01. The summed E-state index contributed by atoms with van der Waals surface area (Å²) >= 11 is 0. The van der Waals surface area contributed by atoms with Gasteiger partial charge in [0.25, 0.3) is 0 Å². The van der Waals surface area contributed by atoms with E-state index in [-0.39, 0.29) is 0 Å². The van der Waals surface area contributed by atoms with Gasteiger partial charge in [0, 0.05) is 13.1 Å². The first kappa shape index (κ1) is 13.9. The maximum absolute atomic E-state index is 4.71. The molecule has 0 bridgehead atoms. The SMILES string of the molecule is c1ccc(/N=N/c2nn(N3CCCCC3)c3ccccc23)cc1. The summed E-state index contributed by atoms with van der Waals surface area (Å²) in [6.07, 6.45) is 3.74. The van der Waals surface area contributed by atoms with E-state index in [1.807, 2.05) is 47.3 Å². The molecule has 0 aliphatic carbocycles. The number of hydrogen-bond acceptors (Lipinski definition) is 4. The minimum Gasteiger partial charge on any atom is -0.296 e.